The second kappa shape index (κ2) is 6.71. The molecule has 1 saturated heterocycles. The van der Waals surface area contributed by atoms with Crippen LogP contribution in [0.4, 0.5) is 0 Å². The topological polar surface area (TPSA) is 32.3 Å². The summed E-state index contributed by atoms with van der Waals surface area (Å²) in [5, 5.41) is 2.99. The number of nitrogens with zero attached hydrogens (tertiary/aromatic N) is 1. The van der Waals surface area contributed by atoms with E-state index in [1.807, 2.05) is 24.3 Å². The molecule has 0 saturated carbocycles. The van der Waals surface area contributed by atoms with Crippen molar-refractivity contribution >= 4 is 5.91 Å². The highest BCUT2D eigenvalue weighted by molar-refractivity contribution is 5.94. The van der Waals surface area contributed by atoms with Gasteiger partial charge in [0.1, 0.15) is 0 Å². The van der Waals surface area contributed by atoms with Gasteiger partial charge < -0.3 is 10.2 Å². The van der Waals surface area contributed by atoms with Crippen LogP contribution in [0, 0.1) is 0 Å². The molecule has 1 aliphatic rings. The molecular weight excluding hydrogens is 236 g/mol. The van der Waals surface area contributed by atoms with E-state index in [-0.39, 0.29) is 5.91 Å². The highest BCUT2D eigenvalue weighted by Gasteiger charge is 2.11. The SMILES string of the molecule is CC(C)c1ccc(C(=O)NCCN2CCCC2)cc1. The summed E-state index contributed by atoms with van der Waals surface area (Å²) in [5.74, 6) is 0.543. The van der Waals surface area contributed by atoms with Crippen LogP contribution in [-0.4, -0.2) is 37.0 Å². The van der Waals surface area contributed by atoms with Crippen molar-refractivity contribution in [3.05, 3.63) is 35.4 Å². The number of rotatable bonds is 5. The predicted octanol–water partition coefficient (Wildman–Crippen LogP) is 2.64. The summed E-state index contributed by atoms with van der Waals surface area (Å²) >= 11 is 0. The fourth-order valence-corrected chi connectivity index (χ4v) is 2.46. The van der Waals surface area contributed by atoms with Crippen LogP contribution in [0.5, 0.6) is 0 Å². The molecule has 0 atom stereocenters. The van der Waals surface area contributed by atoms with E-state index in [9.17, 15) is 4.79 Å². The Bertz CT molecular complexity index is 405. The number of carbonyl (C=O) groups is 1. The highest BCUT2D eigenvalue weighted by Crippen LogP contribution is 2.14. The number of hydrogen-bond acceptors (Lipinski definition) is 2. The van der Waals surface area contributed by atoms with Crippen LogP contribution in [0.2, 0.25) is 0 Å². The van der Waals surface area contributed by atoms with Gasteiger partial charge in [-0.15, -0.1) is 0 Å². The van der Waals surface area contributed by atoms with Crippen LogP contribution in [0.25, 0.3) is 0 Å². The molecule has 1 aromatic carbocycles. The molecule has 0 aliphatic carbocycles. The summed E-state index contributed by atoms with van der Waals surface area (Å²) in [5.41, 5.74) is 2.03. The Morgan fingerprint density at radius 2 is 1.84 bits per heavy atom. The number of amides is 1. The lowest BCUT2D eigenvalue weighted by Gasteiger charge is -2.14. The minimum atomic E-state index is 0.0366. The lowest BCUT2D eigenvalue weighted by atomic mass is 10.0. The Labute approximate surface area is 116 Å². The Morgan fingerprint density at radius 3 is 2.42 bits per heavy atom. The maximum Gasteiger partial charge on any atom is 0.251 e. The summed E-state index contributed by atoms with van der Waals surface area (Å²) in [6, 6.07) is 7.92. The van der Waals surface area contributed by atoms with Crippen LogP contribution in [0.3, 0.4) is 0 Å². The highest BCUT2D eigenvalue weighted by atomic mass is 16.1. The largest absolute Gasteiger partial charge is 0.351 e. The normalized spacial score (nSPS) is 15.9. The first-order valence-corrected chi connectivity index (χ1v) is 7.27. The van der Waals surface area contributed by atoms with E-state index in [2.05, 4.69) is 24.1 Å². The molecule has 1 fully saturated rings. The lowest BCUT2D eigenvalue weighted by Crippen LogP contribution is -2.33. The smallest absolute Gasteiger partial charge is 0.251 e. The quantitative estimate of drug-likeness (QED) is 0.882. The van der Waals surface area contributed by atoms with Crippen molar-refractivity contribution in [2.45, 2.75) is 32.6 Å². The fraction of sp³-hybridized carbons (Fsp3) is 0.562. The van der Waals surface area contributed by atoms with Gasteiger partial charge in [0.05, 0.1) is 0 Å². The van der Waals surface area contributed by atoms with Crippen molar-refractivity contribution in [3.63, 3.8) is 0 Å². The Morgan fingerprint density at radius 1 is 1.21 bits per heavy atom. The van der Waals surface area contributed by atoms with Gasteiger partial charge in [0.25, 0.3) is 5.91 Å². The predicted molar refractivity (Wildman–Crippen MR) is 78.5 cm³/mol. The van der Waals surface area contributed by atoms with Crippen LogP contribution in [0.15, 0.2) is 24.3 Å². The van der Waals surface area contributed by atoms with E-state index in [4.69, 9.17) is 0 Å². The van der Waals surface area contributed by atoms with Crippen LogP contribution < -0.4 is 5.32 Å². The maximum absolute atomic E-state index is 12.0. The molecule has 3 nitrogen and oxygen atoms in total. The molecule has 1 heterocycles. The molecule has 3 heteroatoms. The van der Waals surface area contributed by atoms with Gasteiger partial charge in [-0.1, -0.05) is 26.0 Å². The third kappa shape index (κ3) is 4.06. The zero-order chi connectivity index (χ0) is 13.7. The molecule has 0 radical (unpaired) electrons. The van der Waals surface area contributed by atoms with Gasteiger partial charge >= 0.3 is 0 Å². The van der Waals surface area contributed by atoms with Gasteiger partial charge in [0.15, 0.2) is 0 Å². The van der Waals surface area contributed by atoms with Gasteiger partial charge in [-0.05, 0) is 49.5 Å². The molecule has 0 spiro atoms. The molecule has 19 heavy (non-hydrogen) atoms. The number of nitrogens with one attached hydrogen (secondary N) is 1. The monoisotopic (exact) mass is 260 g/mol. The van der Waals surface area contributed by atoms with Crippen LogP contribution in [-0.2, 0) is 0 Å². The van der Waals surface area contributed by atoms with Crippen molar-refractivity contribution in [1.82, 2.24) is 10.2 Å². The first-order valence-electron chi connectivity index (χ1n) is 7.27. The molecule has 0 unspecified atom stereocenters. The Kier molecular flexibility index (Phi) is 4.97. The first kappa shape index (κ1) is 14.1. The van der Waals surface area contributed by atoms with E-state index in [0.717, 1.165) is 18.7 Å². The van der Waals surface area contributed by atoms with Gasteiger partial charge in [-0.3, -0.25) is 4.79 Å². The first-order chi connectivity index (χ1) is 9.16. The molecule has 1 aliphatic heterocycles. The second-order valence-corrected chi connectivity index (χ2v) is 5.58. The Hall–Kier alpha value is -1.35. The van der Waals surface area contributed by atoms with E-state index in [1.165, 1.54) is 31.5 Å². The van der Waals surface area contributed by atoms with Crippen molar-refractivity contribution in [2.24, 2.45) is 0 Å². The number of carbonyl (C=O) groups excluding carboxylic acids is 1. The number of likely N-dealkylation sites (tertiary alicyclic amines) is 1. The molecular formula is C16H24N2O. The third-order valence-corrected chi connectivity index (χ3v) is 3.75. The second-order valence-electron chi connectivity index (χ2n) is 5.58. The molecule has 104 valence electrons. The summed E-state index contributed by atoms with van der Waals surface area (Å²) in [6.45, 7) is 8.38. The maximum atomic E-state index is 12.0. The van der Waals surface area contributed by atoms with E-state index in [0.29, 0.717) is 5.92 Å². The zero-order valence-corrected chi connectivity index (χ0v) is 12.0. The Balaban J connectivity index is 1.78. The summed E-state index contributed by atoms with van der Waals surface area (Å²) < 4.78 is 0. The van der Waals surface area contributed by atoms with Crippen molar-refractivity contribution < 1.29 is 4.79 Å². The van der Waals surface area contributed by atoms with Gasteiger partial charge in [-0.25, -0.2) is 0 Å². The van der Waals surface area contributed by atoms with Gasteiger partial charge in [0, 0.05) is 18.7 Å². The molecule has 0 aromatic heterocycles. The van der Waals surface area contributed by atoms with Crippen LogP contribution in [0.1, 0.15) is 48.5 Å². The lowest BCUT2D eigenvalue weighted by molar-refractivity contribution is 0.0949. The number of hydrogen-bond donors (Lipinski definition) is 1. The summed E-state index contributed by atoms with van der Waals surface area (Å²) in [7, 11) is 0. The molecule has 2 rings (SSSR count). The van der Waals surface area contributed by atoms with E-state index >= 15 is 0 Å². The zero-order valence-electron chi connectivity index (χ0n) is 12.0. The fourth-order valence-electron chi connectivity index (χ4n) is 2.46. The average molecular weight is 260 g/mol. The van der Waals surface area contributed by atoms with E-state index < -0.39 is 0 Å². The third-order valence-electron chi connectivity index (χ3n) is 3.75. The average Bonchev–Trinajstić information content (AvgIpc) is 2.92. The summed E-state index contributed by atoms with van der Waals surface area (Å²) in [4.78, 5) is 14.4. The molecule has 1 aromatic rings. The number of benzene rings is 1. The van der Waals surface area contributed by atoms with Crippen molar-refractivity contribution in [2.75, 3.05) is 26.2 Å². The molecule has 1 N–H and O–H groups in total. The van der Waals surface area contributed by atoms with Gasteiger partial charge in [0.2, 0.25) is 0 Å². The van der Waals surface area contributed by atoms with Crippen molar-refractivity contribution in [1.29, 1.82) is 0 Å². The minimum absolute atomic E-state index is 0.0366. The standard InChI is InChI=1S/C16H24N2O/c1-13(2)14-5-7-15(8-6-14)16(19)17-9-12-18-10-3-4-11-18/h5-8,13H,3-4,9-12H2,1-2H3,(H,17,19). The minimum Gasteiger partial charge on any atom is -0.351 e. The molecule has 1 amide bonds. The van der Waals surface area contributed by atoms with Crippen LogP contribution >= 0.6 is 0 Å². The van der Waals surface area contributed by atoms with Gasteiger partial charge in [-0.2, -0.15) is 0 Å². The molecule has 0 bridgehead atoms. The van der Waals surface area contributed by atoms with E-state index in [1.54, 1.807) is 0 Å². The summed E-state index contributed by atoms with van der Waals surface area (Å²) in [6.07, 6.45) is 2.59. The van der Waals surface area contributed by atoms with Crippen molar-refractivity contribution in [3.8, 4) is 0 Å².